The number of methoxy groups -OCH3 is 1. The topological polar surface area (TPSA) is 62.8 Å². The molecule has 1 saturated heterocycles. The number of hydrogen-bond donors (Lipinski definition) is 2. The molecule has 3 rings (SSSR count). The van der Waals surface area contributed by atoms with E-state index >= 15 is 0 Å². The second kappa shape index (κ2) is 11.4. The van der Waals surface area contributed by atoms with Crippen LogP contribution in [0.5, 0.6) is 5.75 Å². The first kappa shape index (κ1) is 22.7. The van der Waals surface area contributed by atoms with Crippen LogP contribution in [0.4, 0.5) is 4.79 Å². The largest absolute Gasteiger partial charge is 0.497 e. The van der Waals surface area contributed by atoms with Gasteiger partial charge in [-0.3, -0.25) is 4.90 Å². The number of rotatable bonds is 8. The number of urea groups is 1. The molecule has 0 radical (unpaired) electrons. The molecule has 0 spiro atoms. The second-order valence-electron chi connectivity index (χ2n) is 7.21. The molecule has 8 heteroatoms. The zero-order chi connectivity index (χ0) is 21.3. The lowest BCUT2D eigenvalue weighted by atomic mass is 10.1. The van der Waals surface area contributed by atoms with Gasteiger partial charge in [0.25, 0.3) is 0 Å². The van der Waals surface area contributed by atoms with Crippen LogP contribution in [0.1, 0.15) is 11.1 Å². The molecule has 1 fully saturated rings. The standard InChI is InChI=1S/C22H27Cl2N3O3/c1-29-18-5-2-16(3-6-18)8-9-25-22(28)26-13-19-15-27(10-11-30-19)14-17-4-7-20(23)21(24)12-17/h2-7,12,19H,8-11,13-15H2,1H3,(H2,25,26,28). The van der Waals surface area contributed by atoms with Crippen LogP contribution in [0.3, 0.4) is 0 Å². The van der Waals surface area contributed by atoms with Crippen molar-refractivity contribution in [2.24, 2.45) is 0 Å². The van der Waals surface area contributed by atoms with E-state index in [-0.39, 0.29) is 12.1 Å². The summed E-state index contributed by atoms with van der Waals surface area (Å²) in [6.07, 6.45) is 0.711. The fraction of sp³-hybridized carbons (Fsp3) is 0.409. The van der Waals surface area contributed by atoms with Crippen LogP contribution in [0.2, 0.25) is 10.0 Å². The van der Waals surface area contributed by atoms with Crippen LogP contribution < -0.4 is 15.4 Å². The average molecular weight is 452 g/mol. The van der Waals surface area contributed by atoms with Gasteiger partial charge < -0.3 is 20.1 Å². The molecule has 2 aromatic carbocycles. The molecule has 0 aliphatic carbocycles. The molecule has 1 unspecified atom stereocenters. The predicted molar refractivity (Wildman–Crippen MR) is 120 cm³/mol. The number of carbonyl (C=O) groups is 1. The minimum Gasteiger partial charge on any atom is -0.497 e. The van der Waals surface area contributed by atoms with Gasteiger partial charge in [-0.05, 0) is 41.8 Å². The molecule has 0 saturated carbocycles. The van der Waals surface area contributed by atoms with E-state index in [1.807, 2.05) is 42.5 Å². The third kappa shape index (κ3) is 7.06. The van der Waals surface area contributed by atoms with Crippen LogP contribution in [-0.4, -0.2) is 56.9 Å². The van der Waals surface area contributed by atoms with E-state index in [1.54, 1.807) is 7.11 Å². The van der Waals surface area contributed by atoms with Crippen molar-refractivity contribution >= 4 is 29.2 Å². The summed E-state index contributed by atoms with van der Waals surface area (Å²) in [5.41, 5.74) is 2.25. The van der Waals surface area contributed by atoms with Gasteiger partial charge in [0.1, 0.15) is 5.75 Å². The lowest BCUT2D eigenvalue weighted by Crippen LogP contribution is -2.48. The van der Waals surface area contributed by atoms with E-state index in [2.05, 4.69) is 15.5 Å². The van der Waals surface area contributed by atoms with Gasteiger partial charge in [0, 0.05) is 32.7 Å². The Morgan fingerprint density at radius 2 is 1.90 bits per heavy atom. The minimum atomic E-state index is -0.186. The van der Waals surface area contributed by atoms with Crippen molar-refractivity contribution in [3.8, 4) is 5.75 Å². The maximum Gasteiger partial charge on any atom is 0.314 e. The summed E-state index contributed by atoms with van der Waals surface area (Å²) in [6, 6.07) is 13.3. The zero-order valence-corrected chi connectivity index (χ0v) is 18.5. The maximum atomic E-state index is 12.1. The van der Waals surface area contributed by atoms with Crippen molar-refractivity contribution in [3.05, 3.63) is 63.6 Å². The molecule has 1 aliphatic heterocycles. The molecular formula is C22H27Cl2N3O3. The fourth-order valence-electron chi connectivity index (χ4n) is 3.33. The van der Waals surface area contributed by atoms with Crippen molar-refractivity contribution < 1.29 is 14.3 Å². The maximum absolute atomic E-state index is 12.1. The Hall–Kier alpha value is -1.99. The summed E-state index contributed by atoms with van der Waals surface area (Å²) < 4.78 is 10.9. The van der Waals surface area contributed by atoms with E-state index in [9.17, 15) is 4.79 Å². The first-order chi connectivity index (χ1) is 14.5. The van der Waals surface area contributed by atoms with E-state index < -0.39 is 0 Å². The summed E-state index contributed by atoms with van der Waals surface area (Å²) in [4.78, 5) is 14.4. The molecule has 1 aliphatic rings. The first-order valence-electron chi connectivity index (χ1n) is 9.96. The SMILES string of the molecule is COc1ccc(CCNC(=O)NCC2CN(Cc3ccc(Cl)c(Cl)c3)CCO2)cc1. The molecule has 1 atom stereocenters. The number of benzene rings is 2. The smallest absolute Gasteiger partial charge is 0.314 e. The van der Waals surface area contributed by atoms with E-state index in [4.69, 9.17) is 32.7 Å². The molecular weight excluding hydrogens is 425 g/mol. The second-order valence-corrected chi connectivity index (χ2v) is 8.03. The van der Waals surface area contributed by atoms with Crippen molar-refractivity contribution in [2.75, 3.05) is 39.9 Å². The fourth-order valence-corrected chi connectivity index (χ4v) is 3.65. The number of hydrogen-bond acceptors (Lipinski definition) is 4. The van der Waals surface area contributed by atoms with Gasteiger partial charge in [0.15, 0.2) is 0 Å². The van der Waals surface area contributed by atoms with E-state index in [1.165, 1.54) is 0 Å². The van der Waals surface area contributed by atoms with Crippen LogP contribution in [0.25, 0.3) is 0 Å². The molecule has 162 valence electrons. The number of ether oxygens (including phenoxy) is 2. The molecule has 0 aromatic heterocycles. The Labute approximate surface area is 187 Å². The van der Waals surface area contributed by atoms with Gasteiger partial charge in [-0.1, -0.05) is 41.4 Å². The lowest BCUT2D eigenvalue weighted by Gasteiger charge is -2.33. The normalized spacial score (nSPS) is 16.8. The zero-order valence-electron chi connectivity index (χ0n) is 17.0. The molecule has 2 amide bonds. The Morgan fingerprint density at radius 3 is 2.63 bits per heavy atom. The van der Waals surface area contributed by atoms with Gasteiger partial charge in [-0.2, -0.15) is 0 Å². The number of morpholine rings is 1. The highest BCUT2D eigenvalue weighted by atomic mass is 35.5. The number of halogens is 2. The highest BCUT2D eigenvalue weighted by Gasteiger charge is 2.21. The van der Waals surface area contributed by atoms with Gasteiger partial charge in [0.2, 0.25) is 0 Å². The lowest BCUT2D eigenvalue weighted by molar-refractivity contribution is -0.0287. The highest BCUT2D eigenvalue weighted by Crippen LogP contribution is 2.23. The molecule has 2 N–H and O–H groups in total. The van der Waals surface area contributed by atoms with Crippen LogP contribution in [0, 0.1) is 0 Å². The van der Waals surface area contributed by atoms with Crippen LogP contribution >= 0.6 is 23.2 Å². The Kier molecular flexibility index (Phi) is 8.63. The Bertz CT molecular complexity index is 833. The molecule has 6 nitrogen and oxygen atoms in total. The number of nitrogens with one attached hydrogen (secondary N) is 2. The van der Waals surface area contributed by atoms with Crippen molar-refractivity contribution in [1.82, 2.24) is 15.5 Å². The van der Waals surface area contributed by atoms with Gasteiger partial charge >= 0.3 is 6.03 Å². The number of carbonyl (C=O) groups excluding carboxylic acids is 1. The Morgan fingerprint density at radius 1 is 1.13 bits per heavy atom. The third-order valence-corrected chi connectivity index (χ3v) is 5.70. The van der Waals surface area contributed by atoms with Gasteiger partial charge in [0.05, 0.1) is 29.9 Å². The predicted octanol–water partition coefficient (Wildman–Crippen LogP) is 3.74. The summed E-state index contributed by atoms with van der Waals surface area (Å²) in [5.74, 6) is 0.824. The van der Waals surface area contributed by atoms with Crippen molar-refractivity contribution in [2.45, 2.75) is 19.1 Å². The molecule has 30 heavy (non-hydrogen) atoms. The van der Waals surface area contributed by atoms with Gasteiger partial charge in [-0.25, -0.2) is 4.79 Å². The van der Waals surface area contributed by atoms with E-state index in [0.717, 1.165) is 42.9 Å². The monoisotopic (exact) mass is 451 g/mol. The number of nitrogens with zero attached hydrogens (tertiary/aromatic N) is 1. The number of amides is 2. The quantitative estimate of drug-likeness (QED) is 0.641. The van der Waals surface area contributed by atoms with E-state index in [0.29, 0.717) is 29.7 Å². The summed E-state index contributed by atoms with van der Waals surface area (Å²) in [5, 5.41) is 6.90. The summed E-state index contributed by atoms with van der Waals surface area (Å²) >= 11 is 12.1. The van der Waals surface area contributed by atoms with Crippen LogP contribution in [-0.2, 0) is 17.7 Å². The minimum absolute atomic E-state index is 0.0474. The molecule has 0 bridgehead atoms. The first-order valence-corrected chi connectivity index (χ1v) is 10.7. The third-order valence-electron chi connectivity index (χ3n) is 4.96. The van der Waals surface area contributed by atoms with Gasteiger partial charge in [-0.15, -0.1) is 0 Å². The summed E-state index contributed by atoms with van der Waals surface area (Å²) in [7, 11) is 1.64. The average Bonchev–Trinajstić information content (AvgIpc) is 2.76. The molecule has 1 heterocycles. The van der Waals surface area contributed by atoms with Crippen LogP contribution in [0.15, 0.2) is 42.5 Å². The van der Waals surface area contributed by atoms with Crippen molar-refractivity contribution in [3.63, 3.8) is 0 Å². The van der Waals surface area contributed by atoms with Crippen molar-refractivity contribution in [1.29, 1.82) is 0 Å². The Balaban J connectivity index is 1.36. The highest BCUT2D eigenvalue weighted by molar-refractivity contribution is 6.42. The summed E-state index contributed by atoms with van der Waals surface area (Å²) in [6.45, 7) is 4.01. The molecule has 2 aromatic rings.